The van der Waals surface area contributed by atoms with Crippen molar-refractivity contribution in [3.05, 3.63) is 44.4 Å². The van der Waals surface area contributed by atoms with Gasteiger partial charge in [0.25, 0.3) is 0 Å². The molecule has 0 N–H and O–H groups in total. The highest BCUT2D eigenvalue weighted by molar-refractivity contribution is 9.11. The number of thiophene rings is 1. The molecule has 0 aliphatic heterocycles. The fourth-order valence-corrected chi connectivity index (χ4v) is 3.70. The predicted molar refractivity (Wildman–Crippen MR) is 78.6 cm³/mol. The summed E-state index contributed by atoms with van der Waals surface area (Å²) in [6.07, 6.45) is 4.09. The van der Waals surface area contributed by atoms with E-state index < -0.39 is 0 Å². The van der Waals surface area contributed by atoms with Gasteiger partial charge in [0.15, 0.2) is 0 Å². The minimum atomic E-state index is 1.01. The molecule has 17 heavy (non-hydrogen) atoms. The lowest BCUT2D eigenvalue weighted by molar-refractivity contribution is 1.15. The minimum absolute atomic E-state index is 1.01. The molecule has 0 aliphatic rings. The van der Waals surface area contributed by atoms with Crippen molar-refractivity contribution in [2.75, 3.05) is 0 Å². The van der Waals surface area contributed by atoms with E-state index in [4.69, 9.17) is 0 Å². The summed E-state index contributed by atoms with van der Waals surface area (Å²) >= 11 is 8.67. The Bertz CT molecular complexity index is 700. The second-order valence-corrected chi connectivity index (χ2v) is 7.18. The summed E-state index contributed by atoms with van der Waals surface area (Å²) in [6.45, 7) is 2.07. The van der Waals surface area contributed by atoms with E-state index in [9.17, 15) is 0 Å². The van der Waals surface area contributed by atoms with Gasteiger partial charge in [-0.2, -0.15) is 0 Å². The van der Waals surface area contributed by atoms with Gasteiger partial charge in [0, 0.05) is 16.9 Å². The molecule has 0 spiro atoms. The highest BCUT2D eigenvalue weighted by atomic mass is 79.9. The smallest absolute Gasteiger partial charge is 0.140 e. The predicted octanol–water partition coefficient (Wildman–Crippen LogP) is 4.90. The van der Waals surface area contributed by atoms with Crippen LogP contribution in [0.5, 0.6) is 0 Å². The summed E-state index contributed by atoms with van der Waals surface area (Å²) < 4.78 is 4.25. The largest absolute Gasteiger partial charge is 0.305 e. The van der Waals surface area contributed by atoms with Gasteiger partial charge in [0.1, 0.15) is 5.65 Å². The SMILES string of the molecule is Cc1cc(Br)cn2cc(-c3ccc(Br)s3)nc12. The van der Waals surface area contributed by atoms with Gasteiger partial charge in [-0.15, -0.1) is 11.3 Å². The van der Waals surface area contributed by atoms with Crippen LogP contribution in [0, 0.1) is 6.92 Å². The van der Waals surface area contributed by atoms with Crippen LogP contribution in [-0.2, 0) is 0 Å². The molecule has 5 heteroatoms. The maximum Gasteiger partial charge on any atom is 0.140 e. The van der Waals surface area contributed by atoms with Gasteiger partial charge in [-0.25, -0.2) is 4.98 Å². The molecule has 3 rings (SSSR count). The zero-order chi connectivity index (χ0) is 12.0. The normalized spacial score (nSPS) is 11.2. The average molecular weight is 372 g/mol. The van der Waals surface area contributed by atoms with Gasteiger partial charge < -0.3 is 4.40 Å². The molecular weight excluding hydrogens is 364 g/mol. The third kappa shape index (κ3) is 2.07. The molecule has 0 atom stereocenters. The number of nitrogens with zero attached hydrogens (tertiary/aromatic N) is 2. The maximum absolute atomic E-state index is 4.67. The van der Waals surface area contributed by atoms with Crippen molar-refractivity contribution in [2.24, 2.45) is 0 Å². The van der Waals surface area contributed by atoms with Gasteiger partial charge in [0.2, 0.25) is 0 Å². The third-order valence-electron chi connectivity index (χ3n) is 2.53. The number of halogens is 2. The molecule has 0 unspecified atom stereocenters. The lowest BCUT2D eigenvalue weighted by Crippen LogP contribution is -1.86. The summed E-state index contributed by atoms with van der Waals surface area (Å²) in [6, 6.07) is 6.21. The van der Waals surface area contributed by atoms with Crippen molar-refractivity contribution in [3.8, 4) is 10.6 Å². The van der Waals surface area contributed by atoms with Crippen LogP contribution in [-0.4, -0.2) is 9.38 Å². The quantitative estimate of drug-likeness (QED) is 0.594. The number of hydrogen-bond donors (Lipinski definition) is 0. The monoisotopic (exact) mass is 370 g/mol. The molecular formula is C12H8Br2N2S. The van der Waals surface area contributed by atoms with E-state index in [0.29, 0.717) is 0 Å². The van der Waals surface area contributed by atoms with Crippen LogP contribution in [0.4, 0.5) is 0 Å². The molecule has 0 aliphatic carbocycles. The van der Waals surface area contributed by atoms with E-state index in [-0.39, 0.29) is 0 Å². The standard InChI is InChI=1S/C12H8Br2N2S/c1-7-4-8(13)5-16-6-9(15-12(7)16)10-2-3-11(14)17-10/h2-6H,1H3. The Labute approximate surface area is 120 Å². The Morgan fingerprint density at radius 3 is 2.76 bits per heavy atom. The highest BCUT2D eigenvalue weighted by Gasteiger charge is 2.08. The van der Waals surface area contributed by atoms with Crippen molar-refractivity contribution in [1.29, 1.82) is 0 Å². The molecule has 3 aromatic rings. The van der Waals surface area contributed by atoms with Gasteiger partial charge in [-0.05, 0) is 62.5 Å². The number of fused-ring (bicyclic) bond motifs is 1. The van der Waals surface area contributed by atoms with Crippen molar-refractivity contribution in [3.63, 3.8) is 0 Å². The second kappa shape index (κ2) is 4.23. The fraction of sp³-hybridized carbons (Fsp3) is 0.0833. The Kier molecular flexibility index (Phi) is 2.84. The topological polar surface area (TPSA) is 17.3 Å². The Hall–Kier alpha value is -0.650. The number of rotatable bonds is 1. The van der Waals surface area contributed by atoms with E-state index in [0.717, 1.165) is 19.6 Å². The Balaban J connectivity index is 2.23. The molecule has 0 fully saturated rings. The number of aromatic nitrogens is 2. The Morgan fingerprint density at radius 2 is 2.06 bits per heavy atom. The first kappa shape index (κ1) is 11.4. The average Bonchev–Trinajstić information content (AvgIpc) is 2.83. The second-order valence-electron chi connectivity index (χ2n) is 3.80. The molecule has 0 aromatic carbocycles. The van der Waals surface area contributed by atoms with E-state index in [1.54, 1.807) is 11.3 Å². The summed E-state index contributed by atoms with van der Waals surface area (Å²) in [4.78, 5) is 5.85. The minimum Gasteiger partial charge on any atom is -0.305 e. The third-order valence-corrected chi connectivity index (χ3v) is 4.61. The van der Waals surface area contributed by atoms with Crippen LogP contribution < -0.4 is 0 Å². The van der Waals surface area contributed by atoms with Crippen LogP contribution in [0.15, 0.2) is 38.9 Å². The fourth-order valence-electron chi connectivity index (χ4n) is 1.80. The summed E-state index contributed by atoms with van der Waals surface area (Å²) in [7, 11) is 0. The zero-order valence-corrected chi connectivity index (χ0v) is 12.9. The molecule has 86 valence electrons. The van der Waals surface area contributed by atoms with E-state index in [1.165, 1.54) is 10.4 Å². The van der Waals surface area contributed by atoms with Crippen molar-refractivity contribution < 1.29 is 0 Å². The molecule has 2 nitrogen and oxygen atoms in total. The molecule has 0 amide bonds. The first-order valence-electron chi connectivity index (χ1n) is 5.04. The summed E-state index contributed by atoms with van der Waals surface area (Å²) in [5, 5.41) is 0. The zero-order valence-electron chi connectivity index (χ0n) is 8.95. The molecule has 3 heterocycles. The van der Waals surface area contributed by atoms with Crippen LogP contribution in [0.3, 0.4) is 0 Å². The van der Waals surface area contributed by atoms with Crippen molar-refractivity contribution >= 4 is 48.8 Å². The number of aryl methyl sites for hydroxylation is 1. The van der Waals surface area contributed by atoms with Crippen molar-refractivity contribution in [1.82, 2.24) is 9.38 Å². The summed E-state index contributed by atoms with van der Waals surface area (Å²) in [5.41, 5.74) is 3.19. The molecule has 0 radical (unpaired) electrons. The molecule has 3 aromatic heterocycles. The number of pyridine rings is 1. The van der Waals surface area contributed by atoms with Crippen LogP contribution in [0.25, 0.3) is 16.2 Å². The van der Waals surface area contributed by atoms with E-state index in [1.807, 2.05) is 12.3 Å². The van der Waals surface area contributed by atoms with Crippen molar-refractivity contribution in [2.45, 2.75) is 6.92 Å². The lowest BCUT2D eigenvalue weighted by Gasteiger charge is -1.97. The van der Waals surface area contributed by atoms with Gasteiger partial charge in [-0.1, -0.05) is 0 Å². The lowest BCUT2D eigenvalue weighted by atomic mass is 10.3. The number of imidazole rings is 1. The van der Waals surface area contributed by atoms with Gasteiger partial charge >= 0.3 is 0 Å². The summed E-state index contributed by atoms with van der Waals surface area (Å²) in [5.74, 6) is 0. The highest BCUT2D eigenvalue weighted by Crippen LogP contribution is 2.31. The van der Waals surface area contributed by atoms with Crippen LogP contribution >= 0.6 is 43.2 Å². The first-order valence-corrected chi connectivity index (χ1v) is 7.44. The van der Waals surface area contributed by atoms with Gasteiger partial charge in [-0.3, -0.25) is 0 Å². The van der Waals surface area contributed by atoms with E-state index >= 15 is 0 Å². The van der Waals surface area contributed by atoms with Gasteiger partial charge in [0.05, 0.1) is 14.4 Å². The molecule has 0 bridgehead atoms. The molecule has 0 saturated carbocycles. The Morgan fingerprint density at radius 1 is 1.24 bits per heavy atom. The van der Waals surface area contributed by atoms with Crippen LogP contribution in [0.1, 0.15) is 5.56 Å². The first-order chi connectivity index (χ1) is 8.13. The van der Waals surface area contributed by atoms with E-state index in [2.05, 4.69) is 66.5 Å². The number of hydrogen-bond acceptors (Lipinski definition) is 2. The van der Waals surface area contributed by atoms with Crippen LogP contribution in [0.2, 0.25) is 0 Å². The maximum atomic E-state index is 4.67. The molecule has 0 saturated heterocycles.